The van der Waals surface area contributed by atoms with E-state index < -0.39 is 5.60 Å². The van der Waals surface area contributed by atoms with Crippen LogP contribution in [-0.2, 0) is 4.74 Å². The van der Waals surface area contributed by atoms with E-state index in [0.29, 0.717) is 13.1 Å². The van der Waals surface area contributed by atoms with E-state index in [-0.39, 0.29) is 23.9 Å². The van der Waals surface area contributed by atoms with Crippen LogP contribution in [0.25, 0.3) is 11.3 Å². The lowest BCUT2D eigenvalue weighted by molar-refractivity contribution is 0.0118. The van der Waals surface area contributed by atoms with Crippen molar-refractivity contribution in [2.45, 2.75) is 58.1 Å². The lowest BCUT2D eigenvalue weighted by Gasteiger charge is -2.29. The van der Waals surface area contributed by atoms with Gasteiger partial charge in [-0.05, 0) is 51.5 Å². The van der Waals surface area contributed by atoms with Gasteiger partial charge in [0.2, 0.25) is 0 Å². The van der Waals surface area contributed by atoms with Crippen LogP contribution in [0.5, 0.6) is 0 Å². The minimum absolute atomic E-state index is 0.0586. The molecule has 1 saturated heterocycles. The molecule has 2 aliphatic heterocycles. The zero-order valence-corrected chi connectivity index (χ0v) is 16.8. The molecule has 0 bridgehead atoms. The highest BCUT2D eigenvalue weighted by Crippen LogP contribution is 2.46. The van der Waals surface area contributed by atoms with Gasteiger partial charge in [-0.15, -0.1) is 0 Å². The van der Waals surface area contributed by atoms with Crippen LogP contribution in [0.15, 0.2) is 30.7 Å². The molecular weight excluding hydrogens is 357 g/mol. The Morgan fingerprint density at radius 2 is 2.14 bits per heavy atom. The van der Waals surface area contributed by atoms with Crippen LogP contribution in [0.4, 0.5) is 9.18 Å². The van der Waals surface area contributed by atoms with Crippen molar-refractivity contribution in [2.24, 2.45) is 5.92 Å². The number of carbonyl (C=O) groups is 1. The molecule has 1 amide bonds. The lowest BCUT2D eigenvalue weighted by atomic mass is 9.87. The van der Waals surface area contributed by atoms with Crippen molar-refractivity contribution < 1.29 is 13.9 Å². The summed E-state index contributed by atoms with van der Waals surface area (Å²) in [4.78, 5) is 18.7. The number of imidazole rings is 1. The molecule has 0 aliphatic carbocycles. The maximum atomic E-state index is 14.8. The quantitative estimate of drug-likeness (QED) is 0.745. The SMILES string of the molecule is CCC(C)(C)OC(=O)N1CCCC(C2c3c(F)cccc3-c3cncn32)CC1. The summed E-state index contributed by atoms with van der Waals surface area (Å²) in [6.07, 6.45) is 6.79. The Balaban J connectivity index is 1.54. The van der Waals surface area contributed by atoms with E-state index in [2.05, 4.69) is 9.55 Å². The molecule has 0 saturated carbocycles. The van der Waals surface area contributed by atoms with Crippen LogP contribution >= 0.6 is 0 Å². The third-order valence-electron chi connectivity index (χ3n) is 6.28. The van der Waals surface area contributed by atoms with E-state index in [4.69, 9.17) is 4.74 Å². The Kier molecular flexibility index (Phi) is 4.89. The van der Waals surface area contributed by atoms with Gasteiger partial charge in [-0.2, -0.15) is 0 Å². The first-order valence-electron chi connectivity index (χ1n) is 10.2. The molecular formula is C22H28FN3O2. The summed E-state index contributed by atoms with van der Waals surface area (Å²) in [6.45, 7) is 7.20. The summed E-state index contributed by atoms with van der Waals surface area (Å²) < 4.78 is 22.5. The Hall–Kier alpha value is -2.37. The summed E-state index contributed by atoms with van der Waals surface area (Å²) >= 11 is 0. The molecule has 6 heteroatoms. The molecule has 1 aromatic heterocycles. The molecule has 150 valence electrons. The van der Waals surface area contributed by atoms with Crippen molar-refractivity contribution in [1.82, 2.24) is 14.5 Å². The van der Waals surface area contributed by atoms with E-state index in [1.54, 1.807) is 18.5 Å². The maximum Gasteiger partial charge on any atom is 0.410 e. The molecule has 4 rings (SSSR count). The Labute approximate surface area is 165 Å². The maximum absolute atomic E-state index is 14.8. The summed E-state index contributed by atoms with van der Waals surface area (Å²) in [7, 11) is 0. The highest BCUT2D eigenvalue weighted by atomic mass is 19.1. The van der Waals surface area contributed by atoms with Crippen molar-refractivity contribution in [3.8, 4) is 11.3 Å². The topological polar surface area (TPSA) is 47.4 Å². The third-order valence-corrected chi connectivity index (χ3v) is 6.28. The van der Waals surface area contributed by atoms with Crippen molar-refractivity contribution in [3.05, 3.63) is 42.1 Å². The second-order valence-corrected chi connectivity index (χ2v) is 8.49. The Morgan fingerprint density at radius 3 is 2.93 bits per heavy atom. The van der Waals surface area contributed by atoms with Gasteiger partial charge in [0.25, 0.3) is 0 Å². The first kappa shape index (κ1) is 19.0. The van der Waals surface area contributed by atoms with Gasteiger partial charge >= 0.3 is 6.09 Å². The second kappa shape index (κ2) is 7.22. The lowest BCUT2D eigenvalue weighted by Crippen LogP contribution is -2.38. The van der Waals surface area contributed by atoms with Crippen LogP contribution < -0.4 is 0 Å². The van der Waals surface area contributed by atoms with Gasteiger partial charge in [0.05, 0.1) is 24.3 Å². The van der Waals surface area contributed by atoms with Gasteiger partial charge in [-0.25, -0.2) is 14.2 Å². The van der Waals surface area contributed by atoms with Crippen molar-refractivity contribution >= 4 is 6.09 Å². The fraction of sp³-hybridized carbons (Fsp3) is 0.545. The number of likely N-dealkylation sites (tertiary alicyclic amines) is 1. The van der Waals surface area contributed by atoms with Gasteiger partial charge in [0.1, 0.15) is 11.4 Å². The molecule has 0 N–H and O–H groups in total. The number of hydrogen-bond donors (Lipinski definition) is 0. The number of fused-ring (bicyclic) bond motifs is 3. The van der Waals surface area contributed by atoms with Crippen LogP contribution in [0.1, 0.15) is 58.1 Å². The van der Waals surface area contributed by atoms with Crippen LogP contribution in [0, 0.1) is 11.7 Å². The van der Waals surface area contributed by atoms with Crippen molar-refractivity contribution in [3.63, 3.8) is 0 Å². The number of benzene rings is 1. The molecule has 5 nitrogen and oxygen atoms in total. The summed E-state index contributed by atoms with van der Waals surface area (Å²) in [5, 5.41) is 0. The average Bonchev–Trinajstić information content (AvgIpc) is 3.15. The van der Waals surface area contributed by atoms with E-state index in [1.165, 1.54) is 0 Å². The first-order chi connectivity index (χ1) is 13.4. The minimum atomic E-state index is -0.456. The summed E-state index contributed by atoms with van der Waals surface area (Å²) in [5.41, 5.74) is 2.23. The summed E-state index contributed by atoms with van der Waals surface area (Å²) in [5.74, 6) is 0.0968. The zero-order valence-electron chi connectivity index (χ0n) is 16.8. The van der Waals surface area contributed by atoms with E-state index >= 15 is 0 Å². The normalized spacial score (nSPS) is 21.8. The number of halogens is 1. The van der Waals surface area contributed by atoms with Crippen LogP contribution in [0.3, 0.4) is 0 Å². The minimum Gasteiger partial charge on any atom is -0.443 e. The van der Waals surface area contributed by atoms with E-state index in [1.807, 2.05) is 37.9 Å². The van der Waals surface area contributed by atoms with Gasteiger partial charge < -0.3 is 14.2 Å². The number of amides is 1. The van der Waals surface area contributed by atoms with Crippen molar-refractivity contribution in [2.75, 3.05) is 13.1 Å². The molecule has 3 heterocycles. The molecule has 0 spiro atoms. The Bertz CT molecular complexity index is 876. The highest BCUT2D eigenvalue weighted by Gasteiger charge is 2.38. The Morgan fingerprint density at radius 1 is 1.32 bits per heavy atom. The smallest absolute Gasteiger partial charge is 0.410 e. The summed E-state index contributed by atoms with van der Waals surface area (Å²) in [6, 6.07) is 5.21. The molecule has 1 fully saturated rings. The highest BCUT2D eigenvalue weighted by molar-refractivity contribution is 5.70. The fourth-order valence-electron chi connectivity index (χ4n) is 4.39. The predicted octanol–water partition coefficient (Wildman–Crippen LogP) is 5.02. The van der Waals surface area contributed by atoms with E-state index in [0.717, 1.165) is 42.5 Å². The van der Waals surface area contributed by atoms with Crippen LogP contribution in [-0.4, -0.2) is 39.2 Å². The zero-order chi connectivity index (χ0) is 19.9. The number of hydrogen-bond acceptors (Lipinski definition) is 3. The average molecular weight is 385 g/mol. The monoisotopic (exact) mass is 385 g/mol. The standard InChI is InChI=1S/C22H28FN3O2/c1-4-22(2,3)28-21(27)25-11-6-7-15(10-12-25)20-19-16(8-5-9-17(19)23)18-13-24-14-26(18)20/h5,8-9,13-15,20H,4,6-7,10-12H2,1-3H3. The molecule has 2 unspecified atom stereocenters. The molecule has 0 radical (unpaired) electrons. The number of carbonyl (C=O) groups excluding carboxylic acids is 1. The van der Waals surface area contributed by atoms with Gasteiger partial charge in [-0.1, -0.05) is 19.1 Å². The van der Waals surface area contributed by atoms with Gasteiger partial charge in [0, 0.05) is 24.2 Å². The molecule has 2 aliphatic rings. The van der Waals surface area contributed by atoms with Crippen LogP contribution in [0.2, 0.25) is 0 Å². The fourth-order valence-corrected chi connectivity index (χ4v) is 4.39. The molecule has 28 heavy (non-hydrogen) atoms. The number of nitrogens with zero attached hydrogens (tertiary/aromatic N) is 3. The first-order valence-corrected chi connectivity index (χ1v) is 10.2. The van der Waals surface area contributed by atoms with Crippen molar-refractivity contribution in [1.29, 1.82) is 0 Å². The number of ether oxygens (including phenoxy) is 1. The second-order valence-electron chi connectivity index (χ2n) is 8.49. The van der Waals surface area contributed by atoms with E-state index in [9.17, 15) is 9.18 Å². The predicted molar refractivity (Wildman–Crippen MR) is 106 cm³/mol. The number of rotatable bonds is 3. The molecule has 2 aromatic rings. The third kappa shape index (κ3) is 3.29. The number of aromatic nitrogens is 2. The largest absolute Gasteiger partial charge is 0.443 e. The molecule has 1 aromatic carbocycles. The van der Waals surface area contributed by atoms with Gasteiger partial charge in [0.15, 0.2) is 0 Å². The van der Waals surface area contributed by atoms with Gasteiger partial charge in [-0.3, -0.25) is 0 Å². The molecule has 2 atom stereocenters.